The first-order chi connectivity index (χ1) is 8.97. The summed E-state index contributed by atoms with van der Waals surface area (Å²) in [6, 6.07) is 5.56. The second-order valence-corrected chi connectivity index (χ2v) is 5.68. The first kappa shape index (κ1) is 14.4. The van der Waals surface area contributed by atoms with Crippen LogP contribution >= 0.6 is 12.2 Å². The monoisotopic (exact) mass is 281 g/mol. The molecule has 1 saturated heterocycles. The third-order valence-corrected chi connectivity index (χ3v) is 3.97. The molecule has 1 aliphatic rings. The molecule has 0 aromatic heterocycles. The maximum absolute atomic E-state index is 13.5. The Morgan fingerprint density at radius 2 is 2.21 bits per heavy atom. The van der Waals surface area contributed by atoms with Gasteiger partial charge in [0.15, 0.2) is 0 Å². The lowest BCUT2D eigenvalue weighted by atomic mass is 10.1. The molecule has 0 aliphatic carbocycles. The molecule has 2 N–H and O–H groups in total. The van der Waals surface area contributed by atoms with Crippen LogP contribution in [0.15, 0.2) is 18.2 Å². The first-order valence-electron chi connectivity index (χ1n) is 6.48. The lowest BCUT2D eigenvalue weighted by Crippen LogP contribution is -2.49. The van der Waals surface area contributed by atoms with E-state index >= 15 is 0 Å². The number of nitrogens with zero attached hydrogens (tertiary/aromatic N) is 2. The van der Waals surface area contributed by atoms with Crippen LogP contribution < -0.4 is 5.73 Å². The summed E-state index contributed by atoms with van der Waals surface area (Å²) in [4.78, 5) is 4.84. The number of rotatable bonds is 3. The summed E-state index contributed by atoms with van der Waals surface area (Å²) in [7, 11) is 2.14. The topological polar surface area (TPSA) is 32.5 Å². The largest absolute Gasteiger partial charge is 0.389 e. The molecule has 0 saturated carbocycles. The van der Waals surface area contributed by atoms with Gasteiger partial charge in [0.25, 0.3) is 0 Å². The molecule has 0 bridgehead atoms. The van der Waals surface area contributed by atoms with Gasteiger partial charge in [0.05, 0.1) is 0 Å². The highest BCUT2D eigenvalue weighted by molar-refractivity contribution is 7.80. The van der Waals surface area contributed by atoms with E-state index in [4.69, 9.17) is 18.0 Å². The summed E-state index contributed by atoms with van der Waals surface area (Å²) in [5.41, 5.74) is 6.93. The maximum Gasteiger partial charge on any atom is 0.133 e. The van der Waals surface area contributed by atoms with Crippen LogP contribution in [0.1, 0.15) is 18.1 Å². The predicted octanol–water partition coefficient (Wildman–Crippen LogP) is 1.60. The normalized spacial score (nSPS) is 21.5. The lowest BCUT2D eigenvalue weighted by Gasteiger charge is -2.37. The SMILES string of the molecule is CC1CN(Cc2ccc(F)c(C(N)=S)c2)CCN1C. The molecule has 0 spiro atoms. The van der Waals surface area contributed by atoms with Crippen LogP contribution in [-0.2, 0) is 6.54 Å². The van der Waals surface area contributed by atoms with E-state index in [2.05, 4.69) is 23.8 Å². The van der Waals surface area contributed by atoms with Gasteiger partial charge in [-0.25, -0.2) is 4.39 Å². The van der Waals surface area contributed by atoms with Crippen molar-refractivity contribution in [2.45, 2.75) is 19.5 Å². The van der Waals surface area contributed by atoms with E-state index in [0.717, 1.165) is 31.7 Å². The van der Waals surface area contributed by atoms with Crippen molar-refractivity contribution in [2.75, 3.05) is 26.7 Å². The molecule has 1 fully saturated rings. The summed E-state index contributed by atoms with van der Waals surface area (Å²) in [6.45, 7) is 6.15. The molecular formula is C14H20FN3S. The van der Waals surface area contributed by atoms with Crippen molar-refractivity contribution in [3.63, 3.8) is 0 Å². The average molecular weight is 281 g/mol. The highest BCUT2D eigenvalue weighted by atomic mass is 32.1. The minimum absolute atomic E-state index is 0.117. The molecule has 1 aromatic rings. The molecule has 19 heavy (non-hydrogen) atoms. The van der Waals surface area contributed by atoms with Gasteiger partial charge in [-0.05, 0) is 31.7 Å². The average Bonchev–Trinajstić information content (AvgIpc) is 2.36. The van der Waals surface area contributed by atoms with Crippen molar-refractivity contribution < 1.29 is 4.39 Å². The summed E-state index contributed by atoms with van der Waals surface area (Å²) in [6.07, 6.45) is 0. The van der Waals surface area contributed by atoms with Gasteiger partial charge in [-0.2, -0.15) is 0 Å². The number of piperazine rings is 1. The molecule has 0 amide bonds. The molecule has 2 rings (SSSR count). The van der Waals surface area contributed by atoms with E-state index in [-0.39, 0.29) is 10.8 Å². The van der Waals surface area contributed by atoms with Gasteiger partial charge in [-0.1, -0.05) is 18.3 Å². The molecule has 1 aromatic carbocycles. The van der Waals surface area contributed by atoms with Crippen molar-refractivity contribution in [3.05, 3.63) is 35.1 Å². The minimum Gasteiger partial charge on any atom is -0.389 e. The Balaban J connectivity index is 2.07. The Kier molecular flexibility index (Phi) is 4.50. The van der Waals surface area contributed by atoms with Gasteiger partial charge in [0.2, 0.25) is 0 Å². The van der Waals surface area contributed by atoms with Crippen molar-refractivity contribution in [3.8, 4) is 0 Å². The maximum atomic E-state index is 13.5. The first-order valence-corrected chi connectivity index (χ1v) is 6.89. The number of halogens is 1. The standard InChI is InChI=1S/C14H20FN3S/c1-10-8-18(6-5-17(10)2)9-11-3-4-13(15)12(7-11)14(16)19/h3-4,7,10H,5-6,8-9H2,1-2H3,(H2,16,19). The van der Waals surface area contributed by atoms with Crippen LogP contribution in [0.25, 0.3) is 0 Å². The third-order valence-electron chi connectivity index (χ3n) is 3.75. The predicted molar refractivity (Wildman–Crippen MR) is 79.7 cm³/mol. The number of thiocarbonyl (C=S) groups is 1. The summed E-state index contributed by atoms with van der Waals surface area (Å²) < 4.78 is 13.5. The lowest BCUT2D eigenvalue weighted by molar-refractivity contribution is 0.1000. The second-order valence-electron chi connectivity index (χ2n) is 5.24. The van der Waals surface area contributed by atoms with E-state index in [0.29, 0.717) is 11.6 Å². The van der Waals surface area contributed by atoms with Crippen LogP contribution in [0, 0.1) is 5.82 Å². The zero-order chi connectivity index (χ0) is 14.0. The zero-order valence-corrected chi connectivity index (χ0v) is 12.2. The number of likely N-dealkylation sites (N-methyl/N-ethyl adjacent to an activating group) is 1. The Morgan fingerprint density at radius 1 is 1.47 bits per heavy atom. The van der Waals surface area contributed by atoms with Gasteiger partial charge >= 0.3 is 0 Å². The van der Waals surface area contributed by atoms with Gasteiger partial charge < -0.3 is 10.6 Å². The van der Waals surface area contributed by atoms with Crippen molar-refractivity contribution in [1.29, 1.82) is 0 Å². The molecule has 0 radical (unpaired) electrons. The number of benzene rings is 1. The fourth-order valence-corrected chi connectivity index (χ4v) is 2.54. The molecule has 3 nitrogen and oxygen atoms in total. The van der Waals surface area contributed by atoms with E-state index in [1.165, 1.54) is 6.07 Å². The fraction of sp³-hybridized carbons (Fsp3) is 0.500. The van der Waals surface area contributed by atoms with Gasteiger partial charge in [-0.15, -0.1) is 0 Å². The number of hydrogen-bond acceptors (Lipinski definition) is 3. The van der Waals surface area contributed by atoms with Gasteiger partial charge in [-0.3, -0.25) is 4.90 Å². The van der Waals surface area contributed by atoms with E-state index in [1.54, 1.807) is 12.1 Å². The van der Waals surface area contributed by atoms with Crippen LogP contribution in [0.2, 0.25) is 0 Å². The Morgan fingerprint density at radius 3 is 2.84 bits per heavy atom. The Labute approximate surface area is 119 Å². The molecule has 1 aliphatic heterocycles. The van der Waals surface area contributed by atoms with Crippen LogP contribution in [0.3, 0.4) is 0 Å². The Hall–Kier alpha value is -1.04. The minimum atomic E-state index is -0.344. The molecule has 5 heteroatoms. The zero-order valence-electron chi connectivity index (χ0n) is 11.4. The summed E-state index contributed by atoms with van der Waals surface area (Å²) in [5.74, 6) is -0.344. The van der Waals surface area contributed by atoms with Crippen LogP contribution in [0.4, 0.5) is 4.39 Å². The fourth-order valence-electron chi connectivity index (χ4n) is 2.39. The second kappa shape index (κ2) is 5.94. The smallest absolute Gasteiger partial charge is 0.133 e. The highest BCUT2D eigenvalue weighted by Crippen LogP contribution is 2.15. The summed E-state index contributed by atoms with van der Waals surface area (Å²) in [5, 5.41) is 0. The molecule has 1 heterocycles. The van der Waals surface area contributed by atoms with E-state index < -0.39 is 0 Å². The van der Waals surface area contributed by atoms with Crippen molar-refractivity contribution >= 4 is 17.2 Å². The van der Waals surface area contributed by atoms with Crippen molar-refractivity contribution in [2.24, 2.45) is 5.73 Å². The quantitative estimate of drug-likeness (QED) is 0.853. The molecule has 1 atom stereocenters. The Bertz CT molecular complexity index is 478. The van der Waals surface area contributed by atoms with Crippen LogP contribution in [-0.4, -0.2) is 47.5 Å². The molecule has 1 unspecified atom stereocenters. The van der Waals surface area contributed by atoms with Crippen LogP contribution in [0.5, 0.6) is 0 Å². The van der Waals surface area contributed by atoms with E-state index in [9.17, 15) is 4.39 Å². The van der Waals surface area contributed by atoms with Gasteiger partial charge in [0.1, 0.15) is 10.8 Å². The third kappa shape index (κ3) is 3.49. The number of hydrogen-bond donors (Lipinski definition) is 1. The molecular weight excluding hydrogens is 261 g/mol. The highest BCUT2D eigenvalue weighted by Gasteiger charge is 2.20. The van der Waals surface area contributed by atoms with E-state index in [1.807, 2.05) is 0 Å². The number of nitrogens with two attached hydrogens (primary N) is 1. The molecule has 104 valence electrons. The summed E-state index contributed by atoms with van der Waals surface area (Å²) >= 11 is 4.87. The van der Waals surface area contributed by atoms with Gasteiger partial charge in [0, 0.05) is 37.8 Å². The van der Waals surface area contributed by atoms with Crippen molar-refractivity contribution in [1.82, 2.24) is 9.80 Å².